The van der Waals surface area contributed by atoms with Crippen LogP contribution in [0.1, 0.15) is 43.2 Å². The molecule has 2 amide bonds. The quantitative estimate of drug-likeness (QED) is 0.882. The standard InChI is InChI=1S/C14H19BrN2O3/c1-9-2-4-10(5-3-9)17-13(18)8-16-14(19)11-6-7-12(15)20-11/h6-7,9-10H,2-5,8H2,1H3,(H,16,19)(H,17,18). The van der Waals surface area contributed by atoms with Gasteiger partial charge in [0.05, 0.1) is 6.54 Å². The first-order valence-corrected chi connectivity index (χ1v) is 7.67. The lowest BCUT2D eigenvalue weighted by Crippen LogP contribution is -2.43. The van der Waals surface area contributed by atoms with Gasteiger partial charge < -0.3 is 15.1 Å². The average molecular weight is 343 g/mol. The minimum Gasteiger partial charge on any atom is -0.444 e. The Bertz CT molecular complexity index is 479. The molecule has 2 N–H and O–H groups in total. The van der Waals surface area contributed by atoms with Crippen molar-refractivity contribution in [2.24, 2.45) is 5.92 Å². The summed E-state index contributed by atoms with van der Waals surface area (Å²) in [5.74, 6) is 0.406. The maximum atomic E-state index is 11.8. The first kappa shape index (κ1) is 15.1. The normalized spacial score (nSPS) is 22.3. The molecule has 0 saturated heterocycles. The molecule has 1 aliphatic carbocycles. The van der Waals surface area contributed by atoms with Crippen molar-refractivity contribution in [3.63, 3.8) is 0 Å². The molecule has 1 heterocycles. The molecule has 110 valence electrons. The molecule has 0 radical (unpaired) electrons. The Labute approximate surface area is 126 Å². The zero-order valence-electron chi connectivity index (χ0n) is 11.4. The first-order chi connectivity index (χ1) is 9.54. The zero-order chi connectivity index (χ0) is 14.5. The second kappa shape index (κ2) is 6.92. The Hall–Kier alpha value is -1.30. The molecule has 1 aliphatic rings. The van der Waals surface area contributed by atoms with Crippen LogP contribution in [0.15, 0.2) is 21.2 Å². The summed E-state index contributed by atoms with van der Waals surface area (Å²) >= 11 is 3.13. The summed E-state index contributed by atoms with van der Waals surface area (Å²) in [6.45, 7) is 2.21. The van der Waals surface area contributed by atoms with Crippen molar-refractivity contribution in [1.29, 1.82) is 0 Å². The van der Waals surface area contributed by atoms with Gasteiger partial charge in [-0.25, -0.2) is 0 Å². The molecule has 1 aromatic rings. The van der Waals surface area contributed by atoms with Crippen LogP contribution in [0.25, 0.3) is 0 Å². The smallest absolute Gasteiger partial charge is 0.287 e. The molecule has 2 rings (SSSR count). The Kier molecular flexibility index (Phi) is 5.23. The monoisotopic (exact) mass is 342 g/mol. The van der Waals surface area contributed by atoms with Gasteiger partial charge in [-0.1, -0.05) is 6.92 Å². The first-order valence-electron chi connectivity index (χ1n) is 6.87. The fraction of sp³-hybridized carbons (Fsp3) is 0.571. The van der Waals surface area contributed by atoms with E-state index < -0.39 is 0 Å². The van der Waals surface area contributed by atoms with Crippen LogP contribution in [-0.2, 0) is 4.79 Å². The number of furan rings is 1. The SMILES string of the molecule is CC1CCC(NC(=O)CNC(=O)c2ccc(Br)o2)CC1. The van der Waals surface area contributed by atoms with E-state index >= 15 is 0 Å². The molecule has 20 heavy (non-hydrogen) atoms. The molecule has 0 bridgehead atoms. The van der Waals surface area contributed by atoms with Crippen LogP contribution in [-0.4, -0.2) is 24.4 Å². The molecule has 0 aromatic carbocycles. The van der Waals surface area contributed by atoms with Gasteiger partial charge in [0, 0.05) is 6.04 Å². The van der Waals surface area contributed by atoms with Gasteiger partial charge >= 0.3 is 0 Å². The topological polar surface area (TPSA) is 71.3 Å². The number of rotatable bonds is 4. The highest BCUT2D eigenvalue weighted by atomic mass is 79.9. The van der Waals surface area contributed by atoms with E-state index in [4.69, 9.17) is 4.42 Å². The van der Waals surface area contributed by atoms with Gasteiger partial charge in [0.15, 0.2) is 10.4 Å². The van der Waals surface area contributed by atoms with Crippen molar-refractivity contribution in [2.75, 3.05) is 6.54 Å². The number of carbonyl (C=O) groups excluding carboxylic acids is 2. The largest absolute Gasteiger partial charge is 0.444 e. The van der Waals surface area contributed by atoms with Crippen LogP contribution in [0.2, 0.25) is 0 Å². The third kappa shape index (κ3) is 4.37. The molecule has 6 heteroatoms. The van der Waals surface area contributed by atoms with Gasteiger partial charge in [-0.15, -0.1) is 0 Å². The molecular formula is C14H19BrN2O3. The molecule has 1 aromatic heterocycles. The lowest BCUT2D eigenvalue weighted by molar-refractivity contribution is -0.121. The number of carbonyl (C=O) groups is 2. The summed E-state index contributed by atoms with van der Waals surface area (Å²) in [5.41, 5.74) is 0. The second-order valence-corrected chi connectivity index (χ2v) is 6.09. The van der Waals surface area contributed by atoms with Crippen LogP contribution >= 0.6 is 15.9 Å². The van der Waals surface area contributed by atoms with Gasteiger partial charge in [0.2, 0.25) is 5.91 Å². The van der Waals surface area contributed by atoms with Crippen LogP contribution in [0.5, 0.6) is 0 Å². The summed E-state index contributed by atoms with van der Waals surface area (Å²) in [6, 6.07) is 3.44. The molecular weight excluding hydrogens is 324 g/mol. The van der Waals surface area contributed by atoms with Crippen LogP contribution in [0.3, 0.4) is 0 Å². The lowest BCUT2D eigenvalue weighted by atomic mass is 9.87. The molecule has 0 spiro atoms. The summed E-state index contributed by atoms with van der Waals surface area (Å²) in [5, 5.41) is 5.50. The molecule has 1 saturated carbocycles. The molecule has 1 fully saturated rings. The number of hydrogen-bond donors (Lipinski definition) is 2. The van der Waals surface area contributed by atoms with Gasteiger partial charge in [0.1, 0.15) is 0 Å². The fourth-order valence-corrected chi connectivity index (χ4v) is 2.67. The summed E-state index contributed by atoms with van der Waals surface area (Å²) in [4.78, 5) is 23.5. The van der Waals surface area contributed by atoms with E-state index in [1.54, 1.807) is 12.1 Å². The van der Waals surface area contributed by atoms with Crippen LogP contribution < -0.4 is 10.6 Å². The highest BCUT2D eigenvalue weighted by Gasteiger charge is 2.20. The van der Waals surface area contributed by atoms with Crippen molar-refractivity contribution in [2.45, 2.75) is 38.6 Å². The number of hydrogen-bond acceptors (Lipinski definition) is 3. The molecule has 0 atom stereocenters. The maximum Gasteiger partial charge on any atom is 0.287 e. The summed E-state index contributed by atoms with van der Waals surface area (Å²) < 4.78 is 5.60. The third-order valence-corrected chi connectivity index (χ3v) is 4.01. The van der Waals surface area contributed by atoms with Crippen LogP contribution in [0.4, 0.5) is 0 Å². The Morgan fingerprint density at radius 2 is 2.00 bits per heavy atom. The van der Waals surface area contributed by atoms with E-state index in [0.717, 1.165) is 31.6 Å². The second-order valence-electron chi connectivity index (χ2n) is 5.31. The molecule has 0 unspecified atom stereocenters. The highest BCUT2D eigenvalue weighted by Crippen LogP contribution is 2.23. The highest BCUT2D eigenvalue weighted by molar-refractivity contribution is 9.10. The Morgan fingerprint density at radius 3 is 2.60 bits per heavy atom. The molecule has 0 aliphatic heterocycles. The number of halogens is 1. The lowest BCUT2D eigenvalue weighted by Gasteiger charge is -2.26. The third-order valence-electron chi connectivity index (χ3n) is 3.59. The van der Waals surface area contributed by atoms with Gasteiger partial charge in [0.25, 0.3) is 5.91 Å². The van der Waals surface area contributed by atoms with E-state index in [0.29, 0.717) is 4.67 Å². The minimum atomic E-state index is -0.386. The maximum absolute atomic E-state index is 11.8. The summed E-state index contributed by atoms with van der Waals surface area (Å²) in [7, 11) is 0. The summed E-state index contributed by atoms with van der Waals surface area (Å²) in [6.07, 6.45) is 4.34. The molecule has 5 nitrogen and oxygen atoms in total. The fourth-order valence-electron chi connectivity index (χ4n) is 2.37. The predicted octanol–water partition coefficient (Wildman–Crippen LogP) is 2.47. The average Bonchev–Trinajstić information content (AvgIpc) is 2.85. The van der Waals surface area contributed by atoms with Crippen molar-refractivity contribution in [3.8, 4) is 0 Å². The minimum absolute atomic E-state index is 0.0246. The van der Waals surface area contributed by atoms with Gasteiger partial charge in [-0.05, 0) is 59.7 Å². The van der Waals surface area contributed by atoms with Gasteiger partial charge in [-0.2, -0.15) is 0 Å². The zero-order valence-corrected chi connectivity index (χ0v) is 13.0. The van der Waals surface area contributed by atoms with E-state index in [1.807, 2.05) is 0 Å². The van der Waals surface area contributed by atoms with Crippen molar-refractivity contribution in [3.05, 3.63) is 22.6 Å². The Balaban J connectivity index is 1.71. The van der Waals surface area contributed by atoms with E-state index in [1.165, 1.54) is 0 Å². The van der Waals surface area contributed by atoms with Crippen LogP contribution in [0, 0.1) is 5.92 Å². The van der Waals surface area contributed by atoms with E-state index in [2.05, 4.69) is 33.5 Å². The predicted molar refractivity (Wildman–Crippen MR) is 78.3 cm³/mol. The van der Waals surface area contributed by atoms with E-state index in [9.17, 15) is 9.59 Å². The van der Waals surface area contributed by atoms with Gasteiger partial charge in [-0.3, -0.25) is 9.59 Å². The van der Waals surface area contributed by atoms with Crippen molar-refractivity contribution >= 4 is 27.7 Å². The number of amides is 2. The Morgan fingerprint density at radius 1 is 1.30 bits per heavy atom. The van der Waals surface area contributed by atoms with E-state index in [-0.39, 0.29) is 30.2 Å². The van der Waals surface area contributed by atoms with Crippen molar-refractivity contribution in [1.82, 2.24) is 10.6 Å². The number of nitrogens with one attached hydrogen (secondary N) is 2. The van der Waals surface area contributed by atoms with Crippen molar-refractivity contribution < 1.29 is 14.0 Å².